The van der Waals surface area contributed by atoms with Gasteiger partial charge in [-0.05, 0) is 112 Å². The van der Waals surface area contributed by atoms with Crippen LogP contribution in [0.25, 0.3) is 0 Å². The van der Waals surface area contributed by atoms with Gasteiger partial charge >= 0.3 is 14.2 Å². The van der Waals surface area contributed by atoms with Crippen molar-refractivity contribution in [3.05, 3.63) is 93.0 Å². The van der Waals surface area contributed by atoms with Gasteiger partial charge in [0.2, 0.25) is 0 Å². The molecule has 3 aromatic carbocycles. The van der Waals surface area contributed by atoms with Crippen molar-refractivity contribution in [2.24, 2.45) is 0 Å². The Labute approximate surface area is 248 Å². The highest BCUT2D eigenvalue weighted by Gasteiger charge is 2.57. The van der Waals surface area contributed by atoms with Gasteiger partial charge < -0.3 is 18.6 Å². The second-order valence-electron chi connectivity index (χ2n) is 14.0. The first-order chi connectivity index (χ1) is 19.7. The molecule has 0 amide bonds. The van der Waals surface area contributed by atoms with Crippen LogP contribution >= 0.6 is 0 Å². The Kier molecular flexibility index (Phi) is 5.61. The molecule has 2 aliphatic heterocycles. The van der Waals surface area contributed by atoms with Gasteiger partial charge in [-0.15, -0.1) is 0 Å². The molecule has 0 spiro atoms. The predicted octanol–water partition coefficient (Wildman–Crippen LogP) is 5.02. The van der Waals surface area contributed by atoms with Crippen LogP contribution in [0, 0.1) is 22.7 Å². The molecule has 6 nitrogen and oxygen atoms in total. The van der Waals surface area contributed by atoms with E-state index in [9.17, 15) is 10.5 Å². The number of rotatable bonds is 2. The fraction of sp³-hybridized carbons (Fsp3) is 0.412. The van der Waals surface area contributed by atoms with Crippen molar-refractivity contribution in [2.45, 2.75) is 89.6 Å². The van der Waals surface area contributed by atoms with E-state index in [4.69, 9.17) is 18.6 Å². The Hall–Kier alpha value is -3.39. The Morgan fingerprint density at radius 1 is 0.524 bits per heavy atom. The molecule has 0 N–H and O–H groups in total. The zero-order valence-corrected chi connectivity index (χ0v) is 25.5. The predicted molar refractivity (Wildman–Crippen MR) is 162 cm³/mol. The van der Waals surface area contributed by atoms with Gasteiger partial charge in [-0.3, -0.25) is 0 Å². The first kappa shape index (κ1) is 27.4. The van der Waals surface area contributed by atoms with E-state index in [1.165, 1.54) is 0 Å². The minimum Gasteiger partial charge on any atom is -0.399 e. The molecular formula is C34H34B2N2O4. The summed E-state index contributed by atoms with van der Waals surface area (Å²) in [5.74, 6) is -0.564. The largest absolute Gasteiger partial charge is 0.495 e. The molecule has 2 unspecified atom stereocenters. The zero-order valence-electron chi connectivity index (χ0n) is 25.5. The minimum atomic E-state index is -0.601. The summed E-state index contributed by atoms with van der Waals surface area (Å²) in [6.07, 6.45) is 0. The van der Waals surface area contributed by atoms with Crippen LogP contribution in [0.5, 0.6) is 0 Å². The average molecular weight is 556 g/mol. The Morgan fingerprint density at radius 3 is 1.17 bits per heavy atom. The first-order valence-electron chi connectivity index (χ1n) is 14.7. The number of nitriles is 2. The summed E-state index contributed by atoms with van der Waals surface area (Å²) in [4.78, 5) is 0. The molecule has 0 aromatic heterocycles. The molecule has 0 saturated carbocycles. The maximum atomic E-state index is 10.3. The summed E-state index contributed by atoms with van der Waals surface area (Å²) >= 11 is 0. The first-order valence-corrected chi connectivity index (χ1v) is 14.7. The van der Waals surface area contributed by atoms with Gasteiger partial charge in [0.25, 0.3) is 0 Å². The number of hydrogen-bond donors (Lipinski definition) is 0. The van der Waals surface area contributed by atoms with E-state index < -0.39 is 36.6 Å². The third-order valence-electron chi connectivity index (χ3n) is 10.7. The van der Waals surface area contributed by atoms with Crippen molar-refractivity contribution < 1.29 is 18.6 Å². The summed E-state index contributed by atoms with van der Waals surface area (Å²) in [6.45, 7) is 16.5. The van der Waals surface area contributed by atoms with Gasteiger partial charge in [-0.25, -0.2) is 0 Å². The van der Waals surface area contributed by atoms with Crippen molar-refractivity contribution >= 4 is 25.2 Å². The zero-order chi connectivity index (χ0) is 30.0. The second-order valence-corrected chi connectivity index (χ2v) is 14.0. The van der Waals surface area contributed by atoms with Crippen LogP contribution in [0.4, 0.5) is 0 Å². The quantitative estimate of drug-likeness (QED) is 0.284. The van der Waals surface area contributed by atoms with Crippen LogP contribution in [-0.4, -0.2) is 36.6 Å². The average Bonchev–Trinajstić information content (AvgIpc) is 3.30. The summed E-state index contributed by atoms with van der Waals surface area (Å²) in [6, 6.07) is 21.0. The highest BCUT2D eigenvalue weighted by molar-refractivity contribution is 6.65. The second kappa shape index (κ2) is 8.59. The molecule has 42 heavy (non-hydrogen) atoms. The Balaban J connectivity index is 1.55. The molecule has 0 radical (unpaired) electrons. The Bertz CT molecular complexity index is 1600. The summed E-state index contributed by atoms with van der Waals surface area (Å²) in [5, 5.41) is 20.6. The summed E-state index contributed by atoms with van der Waals surface area (Å²) in [5.41, 5.74) is 7.25. The maximum Gasteiger partial charge on any atom is 0.495 e. The van der Waals surface area contributed by atoms with Crippen LogP contribution in [0.2, 0.25) is 0 Å². The normalized spacial score (nSPS) is 24.9. The molecule has 8 rings (SSSR count). The smallest absolute Gasteiger partial charge is 0.399 e. The highest BCUT2D eigenvalue weighted by Crippen LogP contribution is 2.57. The summed E-state index contributed by atoms with van der Waals surface area (Å²) in [7, 11) is -1.20. The van der Waals surface area contributed by atoms with Gasteiger partial charge in [-0.2, -0.15) is 10.5 Å². The monoisotopic (exact) mass is 556 g/mol. The molecule has 2 heterocycles. The maximum absolute atomic E-state index is 10.3. The van der Waals surface area contributed by atoms with E-state index in [0.717, 1.165) is 44.3 Å². The lowest BCUT2D eigenvalue weighted by Gasteiger charge is -2.45. The highest BCUT2D eigenvalue weighted by atomic mass is 16.7. The van der Waals surface area contributed by atoms with E-state index in [1.54, 1.807) is 0 Å². The molecule has 3 aromatic rings. The van der Waals surface area contributed by atoms with E-state index in [0.29, 0.717) is 11.1 Å². The van der Waals surface area contributed by atoms with Crippen molar-refractivity contribution in [3.63, 3.8) is 0 Å². The van der Waals surface area contributed by atoms with Crippen LogP contribution in [-0.2, 0) is 18.6 Å². The van der Waals surface area contributed by atoms with Crippen LogP contribution in [0.1, 0.15) is 112 Å². The molecule has 8 heteroatoms. The van der Waals surface area contributed by atoms with Gasteiger partial charge in [-0.1, -0.05) is 36.4 Å². The van der Waals surface area contributed by atoms with Crippen LogP contribution < -0.4 is 10.9 Å². The fourth-order valence-electron chi connectivity index (χ4n) is 7.09. The standard InChI is InChI=1S/C34H34B2N2O4/c1-31(2)32(3,4)40-35(39-31)23-15-16-24(36-41-33(5,6)34(7,8)42-36)30-28-22-14-10-11-19(17-37)25(22)27(29(23)30)21-13-9-12-20(18-38)26(21)28/h9-16,27-28H,1-8H3. The lowest BCUT2D eigenvalue weighted by molar-refractivity contribution is 0.00578. The molecule has 5 aliphatic rings. The number of hydrogen-bond acceptors (Lipinski definition) is 6. The topological polar surface area (TPSA) is 84.5 Å². The van der Waals surface area contributed by atoms with Gasteiger partial charge in [0.05, 0.1) is 45.7 Å². The van der Waals surface area contributed by atoms with Crippen molar-refractivity contribution in [1.82, 2.24) is 0 Å². The van der Waals surface area contributed by atoms with Crippen molar-refractivity contribution in [2.75, 3.05) is 0 Å². The third-order valence-corrected chi connectivity index (χ3v) is 10.7. The minimum absolute atomic E-state index is 0.282. The number of benzene rings is 3. The molecule has 2 saturated heterocycles. The fourth-order valence-corrected chi connectivity index (χ4v) is 7.09. The number of nitrogens with zero attached hydrogens (tertiary/aromatic N) is 2. The lowest BCUT2D eigenvalue weighted by atomic mass is 9.52. The molecule has 3 aliphatic carbocycles. The van der Waals surface area contributed by atoms with Crippen molar-refractivity contribution in [1.29, 1.82) is 10.5 Å². The molecule has 2 fully saturated rings. The lowest BCUT2D eigenvalue weighted by Crippen LogP contribution is -2.48. The van der Waals surface area contributed by atoms with Crippen LogP contribution in [0.15, 0.2) is 48.5 Å². The van der Waals surface area contributed by atoms with E-state index in [-0.39, 0.29) is 11.8 Å². The van der Waals surface area contributed by atoms with Gasteiger partial charge in [0.1, 0.15) is 0 Å². The molecule has 2 bridgehead atoms. The Morgan fingerprint density at radius 2 is 0.857 bits per heavy atom. The molecule has 2 atom stereocenters. The molecule has 210 valence electrons. The molecular weight excluding hydrogens is 522 g/mol. The van der Waals surface area contributed by atoms with E-state index in [1.807, 2.05) is 24.3 Å². The van der Waals surface area contributed by atoms with E-state index >= 15 is 0 Å². The summed E-state index contributed by atoms with van der Waals surface area (Å²) < 4.78 is 26.5. The SMILES string of the molecule is CC1(C)OB(c2ccc(B3OC(C)(C)C(C)(C)O3)c3c2C2c4cccc(C#N)c4C3c3cccc(C#N)c32)OC1(C)C. The van der Waals surface area contributed by atoms with Gasteiger partial charge in [0, 0.05) is 11.8 Å². The van der Waals surface area contributed by atoms with Gasteiger partial charge in [0.15, 0.2) is 0 Å². The third kappa shape index (κ3) is 3.47. The van der Waals surface area contributed by atoms with E-state index in [2.05, 4.69) is 91.8 Å². The van der Waals surface area contributed by atoms with Crippen molar-refractivity contribution in [3.8, 4) is 12.1 Å². The van der Waals surface area contributed by atoms with Crippen LogP contribution in [0.3, 0.4) is 0 Å².